The van der Waals surface area contributed by atoms with Gasteiger partial charge in [-0.15, -0.1) is 0 Å². The van der Waals surface area contributed by atoms with Gasteiger partial charge in [0.1, 0.15) is 17.0 Å². The average molecular weight is 275 g/mol. The van der Waals surface area contributed by atoms with Gasteiger partial charge < -0.3 is 14.4 Å². The third-order valence-electron chi connectivity index (χ3n) is 2.88. The second-order valence-corrected chi connectivity index (χ2v) is 4.69. The van der Waals surface area contributed by atoms with Crippen LogP contribution in [0.3, 0.4) is 0 Å². The first-order valence-electron chi connectivity index (χ1n) is 6.50. The second kappa shape index (κ2) is 5.77. The van der Waals surface area contributed by atoms with E-state index in [1.54, 1.807) is 18.2 Å². The third-order valence-corrected chi connectivity index (χ3v) is 2.88. The van der Waals surface area contributed by atoms with Crippen molar-refractivity contribution < 1.29 is 19.2 Å². The molecule has 5 heteroatoms. The normalized spacial score (nSPS) is 10.8. The molecule has 0 aliphatic heterocycles. The molecule has 20 heavy (non-hydrogen) atoms. The largest absolute Gasteiger partial charge is 0.494 e. The second-order valence-electron chi connectivity index (χ2n) is 4.69. The van der Waals surface area contributed by atoms with Crippen molar-refractivity contribution in [3.8, 4) is 17.0 Å². The lowest BCUT2D eigenvalue weighted by atomic mass is 10.0. The molecule has 0 amide bonds. The molecule has 0 aliphatic carbocycles. The van der Waals surface area contributed by atoms with Gasteiger partial charge in [-0.2, -0.15) is 0 Å². The third kappa shape index (κ3) is 2.66. The van der Waals surface area contributed by atoms with Crippen LogP contribution in [0.15, 0.2) is 28.8 Å². The fourth-order valence-electron chi connectivity index (χ4n) is 2.00. The van der Waals surface area contributed by atoms with Gasteiger partial charge in [-0.05, 0) is 19.1 Å². The first-order chi connectivity index (χ1) is 9.54. The van der Waals surface area contributed by atoms with Crippen molar-refractivity contribution in [3.63, 3.8) is 0 Å². The highest BCUT2D eigenvalue weighted by Gasteiger charge is 2.25. The summed E-state index contributed by atoms with van der Waals surface area (Å²) in [7, 11) is 0. The Morgan fingerprint density at radius 1 is 1.45 bits per heavy atom. The summed E-state index contributed by atoms with van der Waals surface area (Å²) in [4.78, 5) is 11.5. The van der Waals surface area contributed by atoms with Crippen LogP contribution in [0.5, 0.6) is 5.75 Å². The number of carbonyl (C=O) groups is 1. The Hall–Kier alpha value is -2.30. The molecule has 1 N–H and O–H groups in total. The van der Waals surface area contributed by atoms with Crippen molar-refractivity contribution in [3.05, 3.63) is 35.6 Å². The maximum atomic E-state index is 11.5. The quantitative estimate of drug-likeness (QED) is 0.903. The van der Waals surface area contributed by atoms with Crippen LogP contribution in [0.25, 0.3) is 11.3 Å². The highest BCUT2D eigenvalue weighted by atomic mass is 16.5. The van der Waals surface area contributed by atoms with Gasteiger partial charge >= 0.3 is 5.97 Å². The molecule has 2 aromatic rings. The van der Waals surface area contributed by atoms with Gasteiger partial charge in [0.05, 0.1) is 6.61 Å². The number of aromatic carboxylic acids is 1. The zero-order valence-electron chi connectivity index (χ0n) is 11.7. The molecule has 0 aliphatic rings. The van der Waals surface area contributed by atoms with Crippen molar-refractivity contribution in [2.24, 2.45) is 0 Å². The van der Waals surface area contributed by atoms with Crippen LogP contribution in [0.2, 0.25) is 0 Å². The van der Waals surface area contributed by atoms with E-state index in [0.29, 0.717) is 29.4 Å². The SMILES string of the molecule is CCOc1cccc(-c2noc(C(C)C)c2C(=O)O)c1. The minimum Gasteiger partial charge on any atom is -0.494 e. The van der Waals surface area contributed by atoms with Crippen LogP contribution in [0, 0.1) is 0 Å². The smallest absolute Gasteiger partial charge is 0.341 e. The number of rotatable bonds is 5. The van der Waals surface area contributed by atoms with E-state index < -0.39 is 5.97 Å². The van der Waals surface area contributed by atoms with E-state index in [-0.39, 0.29) is 11.5 Å². The Morgan fingerprint density at radius 3 is 2.80 bits per heavy atom. The van der Waals surface area contributed by atoms with E-state index in [4.69, 9.17) is 9.26 Å². The number of hydrogen-bond donors (Lipinski definition) is 1. The molecule has 0 spiro atoms. The van der Waals surface area contributed by atoms with E-state index in [1.165, 1.54) is 0 Å². The van der Waals surface area contributed by atoms with Gasteiger partial charge in [-0.25, -0.2) is 4.79 Å². The molecule has 1 heterocycles. The molecule has 0 saturated heterocycles. The average Bonchev–Trinajstić information content (AvgIpc) is 2.84. The minimum atomic E-state index is -1.04. The molecule has 0 saturated carbocycles. The van der Waals surface area contributed by atoms with Gasteiger partial charge in [0, 0.05) is 11.5 Å². The Kier molecular flexibility index (Phi) is 4.08. The molecule has 0 radical (unpaired) electrons. The predicted molar refractivity (Wildman–Crippen MR) is 74.2 cm³/mol. The Bertz CT molecular complexity index is 616. The minimum absolute atomic E-state index is 0.0441. The van der Waals surface area contributed by atoms with E-state index in [1.807, 2.05) is 26.8 Å². The number of carboxylic acid groups (broad SMARTS) is 1. The number of benzene rings is 1. The summed E-state index contributed by atoms with van der Waals surface area (Å²) in [5.74, 6) is -0.0195. The number of nitrogens with zero attached hydrogens (tertiary/aromatic N) is 1. The summed E-state index contributed by atoms with van der Waals surface area (Å²) in [6.07, 6.45) is 0. The molecule has 2 rings (SSSR count). The molecule has 0 unspecified atom stereocenters. The molecule has 0 atom stereocenters. The molecular formula is C15H17NO4. The summed E-state index contributed by atoms with van der Waals surface area (Å²) >= 11 is 0. The summed E-state index contributed by atoms with van der Waals surface area (Å²) < 4.78 is 10.6. The van der Waals surface area contributed by atoms with Gasteiger partial charge in [0.15, 0.2) is 5.76 Å². The van der Waals surface area contributed by atoms with Crippen LogP contribution < -0.4 is 4.74 Å². The highest BCUT2D eigenvalue weighted by molar-refractivity contribution is 5.96. The monoisotopic (exact) mass is 275 g/mol. The van der Waals surface area contributed by atoms with Crippen molar-refractivity contribution >= 4 is 5.97 Å². The maximum absolute atomic E-state index is 11.5. The van der Waals surface area contributed by atoms with Crippen LogP contribution >= 0.6 is 0 Å². The molecule has 5 nitrogen and oxygen atoms in total. The van der Waals surface area contributed by atoms with Gasteiger partial charge in [0.2, 0.25) is 0 Å². The van der Waals surface area contributed by atoms with Gasteiger partial charge in [0.25, 0.3) is 0 Å². The topological polar surface area (TPSA) is 72.6 Å². The summed E-state index contributed by atoms with van der Waals surface area (Å²) in [5, 5.41) is 13.3. The Labute approximate surface area is 117 Å². The van der Waals surface area contributed by atoms with Crippen LogP contribution in [0.1, 0.15) is 42.8 Å². The Morgan fingerprint density at radius 2 is 2.20 bits per heavy atom. The van der Waals surface area contributed by atoms with E-state index >= 15 is 0 Å². The lowest BCUT2D eigenvalue weighted by molar-refractivity contribution is 0.0694. The molecule has 1 aromatic heterocycles. The van der Waals surface area contributed by atoms with Crippen molar-refractivity contribution in [1.29, 1.82) is 0 Å². The number of aromatic nitrogens is 1. The van der Waals surface area contributed by atoms with E-state index in [0.717, 1.165) is 0 Å². The van der Waals surface area contributed by atoms with Gasteiger partial charge in [-0.1, -0.05) is 31.1 Å². The molecule has 1 aromatic carbocycles. The number of hydrogen-bond acceptors (Lipinski definition) is 4. The van der Waals surface area contributed by atoms with Gasteiger partial charge in [-0.3, -0.25) is 0 Å². The zero-order valence-corrected chi connectivity index (χ0v) is 11.7. The standard InChI is InChI=1S/C15H17NO4/c1-4-19-11-7-5-6-10(8-11)13-12(15(17)18)14(9(2)3)20-16-13/h5-9H,4H2,1-3H3,(H,17,18). The van der Waals surface area contributed by atoms with E-state index in [2.05, 4.69) is 5.16 Å². The van der Waals surface area contributed by atoms with Crippen LogP contribution in [-0.2, 0) is 0 Å². The van der Waals surface area contributed by atoms with Crippen molar-refractivity contribution in [2.45, 2.75) is 26.7 Å². The van der Waals surface area contributed by atoms with Crippen molar-refractivity contribution in [1.82, 2.24) is 5.16 Å². The maximum Gasteiger partial charge on any atom is 0.341 e. The first kappa shape index (κ1) is 14.1. The van der Waals surface area contributed by atoms with Crippen molar-refractivity contribution in [2.75, 3.05) is 6.61 Å². The summed E-state index contributed by atoms with van der Waals surface area (Å²) in [6, 6.07) is 7.17. The summed E-state index contributed by atoms with van der Waals surface area (Å²) in [6.45, 7) is 6.17. The molecular weight excluding hydrogens is 258 g/mol. The van der Waals surface area contributed by atoms with Crippen LogP contribution in [0.4, 0.5) is 0 Å². The lowest BCUT2D eigenvalue weighted by Gasteiger charge is -2.05. The molecule has 106 valence electrons. The van der Waals surface area contributed by atoms with Crippen LogP contribution in [-0.4, -0.2) is 22.8 Å². The first-order valence-corrected chi connectivity index (χ1v) is 6.50. The number of carboxylic acids is 1. The lowest BCUT2D eigenvalue weighted by Crippen LogP contribution is -2.02. The number of ether oxygens (including phenoxy) is 1. The Balaban J connectivity index is 2.52. The predicted octanol–water partition coefficient (Wildman–Crippen LogP) is 3.56. The zero-order chi connectivity index (χ0) is 14.7. The van der Waals surface area contributed by atoms with E-state index in [9.17, 15) is 9.90 Å². The molecule has 0 bridgehead atoms. The fraction of sp³-hybridized carbons (Fsp3) is 0.333. The summed E-state index contributed by atoms with van der Waals surface area (Å²) in [5.41, 5.74) is 1.13. The molecule has 0 fully saturated rings. The highest BCUT2D eigenvalue weighted by Crippen LogP contribution is 2.31. The fourth-order valence-corrected chi connectivity index (χ4v) is 2.00.